The Labute approximate surface area is 241 Å². The van der Waals surface area contributed by atoms with Gasteiger partial charge in [-0.15, -0.1) is 0 Å². The van der Waals surface area contributed by atoms with Crippen LogP contribution in [0.4, 0.5) is 0 Å². The van der Waals surface area contributed by atoms with E-state index in [1.807, 2.05) is 6.92 Å². The van der Waals surface area contributed by atoms with Crippen LogP contribution >= 0.6 is 0 Å². The van der Waals surface area contributed by atoms with E-state index >= 15 is 0 Å². The lowest BCUT2D eigenvalue weighted by Gasteiger charge is -2.43. The molecule has 2 aromatic carbocycles. The summed E-state index contributed by atoms with van der Waals surface area (Å²) >= 11 is 0. The lowest BCUT2D eigenvalue weighted by molar-refractivity contribution is -0.323. The Morgan fingerprint density at radius 2 is 1.48 bits per heavy atom. The second-order valence-corrected chi connectivity index (χ2v) is 10.9. The van der Waals surface area contributed by atoms with Crippen LogP contribution in [0, 0.1) is 0 Å². The lowest BCUT2D eigenvalue weighted by Crippen LogP contribution is -2.62. The van der Waals surface area contributed by atoms with Crippen molar-refractivity contribution in [2.75, 3.05) is 20.3 Å². The predicted octanol–water partition coefficient (Wildman–Crippen LogP) is -1.42. The van der Waals surface area contributed by atoms with Crippen molar-refractivity contribution in [3.05, 3.63) is 29.3 Å². The van der Waals surface area contributed by atoms with Gasteiger partial charge in [0.1, 0.15) is 66.1 Å². The number of aliphatic hydroxyl groups is 7. The number of hydrogen-bond donors (Lipinski definition) is 8. The van der Waals surface area contributed by atoms with E-state index < -0.39 is 80.7 Å². The second-order valence-electron chi connectivity index (χ2n) is 10.9. The summed E-state index contributed by atoms with van der Waals surface area (Å²) in [6.07, 6.45) is -16.0. The van der Waals surface area contributed by atoms with Crippen molar-refractivity contribution in [1.29, 1.82) is 0 Å². The van der Waals surface area contributed by atoms with Gasteiger partial charge in [0.2, 0.25) is 6.29 Å². The maximum atomic E-state index is 11.3. The molecule has 3 aliphatic heterocycles. The molecule has 0 aliphatic carbocycles. The summed E-state index contributed by atoms with van der Waals surface area (Å²) in [7, 11) is 1.46. The third-order valence-corrected chi connectivity index (χ3v) is 8.09. The van der Waals surface area contributed by atoms with E-state index in [4.69, 9.17) is 28.4 Å². The molecular weight excluding hydrogens is 560 g/mol. The summed E-state index contributed by atoms with van der Waals surface area (Å²) in [5.74, 6) is 0.602. The quantitative estimate of drug-likeness (QED) is 0.184. The van der Waals surface area contributed by atoms with E-state index in [0.29, 0.717) is 34.1 Å². The van der Waals surface area contributed by atoms with Gasteiger partial charge < -0.3 is 69.3 Å². The number of aliphatic hydroxyl groups excluding tert-OH is 7. The molecule has 0 spiro atoms. The Balaban J connectivity index is 1.45. The number of benzene rings is 2. The van der Waals surface area contributed by atoms with Crippen molar-refractivity contribution in [2.45, 2.75) is 93.9 Å². The molecule has 234 valence electrons. The minimum absolute atomic E-state index is 0.0319. The topological polar surface area (TPSA) is 217 Å². The number of aromatic hydroxyl groups is 1. The van der Waals surface area contributed by atoms with Gasteiger partial charge in [0.05, 0.1) is 37.9 Å². The first-order valence-corrected chi connectivity index (χ1v) is 13.8. The highest BCUT2D eigenvalue weighted by molar-refractivity contribution is 6.00. The molecule has 2 fully saturated rings. The van der Waals surface area contributed by atoms with E-state index in [1.165, 1.54) is 7.11 Å². The van der Waals surface area contributed by atoms with E-state index in [2.05, 4.69) is 0 Å². The maximum absolute atomic E-state index is 11.3. The van der Waals surface area contributed by atoms with Crippen molar-refractivity contribution in [2.24, 2.45) is 0 Å². The summed E-state index contributed by atoms with van der Waals surface area (Å²) in [5.41, 5.74) is 1.10. The van der Waals surface area contributed by atoms with Crippen molar-refractivity contribution in [3.63, 3.8) is 0 Å². The number of rotatable bonds is 7. The lowest BCUT2D eigenvalue weighted by atomic mass is 9.89. The normalized spacial score (nSPS) is 38.7. The smallest absolute Gasteiger partial charge is 0.229 e. The SMILES string of the molecule is COc1cccc2c(O[C@@H]3O[C@H](CO[C@@H]4O[C@H](CO)[C@@H](O)[C@H](O)[C@H]4O)[C@@H](O)[C@H](O)[C@H]3O)c3c(c(O)c12)[C@@H](C)O[C@@H](C)C3. The molecule has 0 unspecified atom stereocenters. The van der Waals surface area contributed by atoms with Gasteiger partial charge in [-0.1, -0.05) is 12.1 Å². The van der Waals surface area contributed by atoms with Gasteiger partial charge in [0.25, 0.3) is 0 Å². The van der Waals surface area contributed by atoms with Crippen LogP contribution in [0.25, 0.3) is 10.8 Å². The van der Waals surface area contributed by atoms with Gasteiger partial charge in [-0.2, -0.15) is 0 Å². The zero-order valence-corrected chi connectivity index (χ0v) is 23.3. The molecule has 0 aromatic heterocycles. The molecular formula is C28H38O14. The zero-order valence-electron chi connectivity index (χ0n) is 23.3. The Kier molecular flexibility index (Phi) is 9.14. The molecule has 8 N–H and O–H groups in total. The van der Waals surface area contributed by atoms with Crippen LogP contribution in [-0.2, 0) is 25.4 Å². The maximum Gasteiger partial charge on any atom is 0.229 e. The van der Waals surface area contributed by atoms with Crippen LogP contribution in [0.2, 0.25) is 0 Å². The molecule has 42 heavy (non-hydrogen) atoms. The molecule has 0 bridgehead atoms. The Bertz CT molecular complexity index is 1260. The molecule has 0 amide bonds. The van der Waals surface area contributed by atoms with Gasteiger partial charge in [-0.05, 0) is 19.9 Å². The van der Waals surface area contributed by atoms with Gasteiger partial charge in [-0.3, -0.25) is 0 Å². The first-order chi connectivity index (χ1) is 20.0. The highest BCUT2D eigenvalue weighted by Gasteiger charge is 2.48. The minimum Gasteiger partial charge on any atom is -0.507 e. The van der Waals surface area contributed by atoms with Gasteiger partial charge in [0.15, 0.2) is 6.29 Å². The highest BCUT2D eigenvalue weighted by Crippen LogP contribution is 2.50. The predicted molar refractivity (Wildman–Crippen MR) is 142 cm³/mol. The van der Waals surface area contributed by atoms with Crippen LogP contribution in [0.3, 0.4) is 0 Å². The average Bonchev–Trinajstić information content (AvgIpc) is 2.97. The minimum atomic E-state index is -1.73. The van der Waals surface area contributed by atoms with Crippen LogP contribution < -0.4 is 9.47 Å². The van der Waals surface area contributed by atoms with Gasteiger partial charge in [-0.25, -0.2) is 0 Å². The number of hydrogen-bond acceptors (Lipinski definition) is 14. The molecule has 5 rings (SSSR count). The monoisotopic (exact) mass is 598 g/mol. The van der Waals surface area contributed by atoms with Crippen LogP contribution in [0.1, 0.15) is 31.1 Å². The van der Waals surface area contributed by atoms with Crippen molar-refractivity contribution < 1.29 is 69.3 Å². The molecule has 12 atom stereocenters. The largest absolute Gasteiger partial charge is 0.507 e. The fourth-order valence-corrected chi connectivity index (χ4v) is 5.89. The number of phenols is 1. The molecule has 14 nitrogen and oxygen atoms in total. The molecule has 2 aromatic rings. The summed E-state index contributed by atoms with van der Waals surface area (Å²) in [6, 6.07) is 5.09. The Morgan fingerprint density at radius 1 is 0.833 bits per heavy atom. The first-order valence-electron chi connectivity index (χ1n) is 13.8. The number of fused-ring (bicyclic) bond motifs is 2. The second kappa shape index (κ2) is 12.3. The van der Waals surface area contributed by atoms with E-state index in [9.17, 15) is 40.9 Å². The Hall–Kier alpha value is -2.34. The third kappa shape index (κ3) is 5.42. The summed E-state index contributed by atoms with van der Waals surface area (Å²) < 4.78 is 34.4. The third-order valence-electron chi connectivity index (χ3n) is 8.09. The van der Waals surface area contributed by atoms with Crippen molar-refractivity contribution >= 4 is 10.8 Å². The number of methoxy groups -OCH3 is 1. The van der Waals surface area contributed by atoms with Crippen molar-refractivity contribution in [1.82, 2.24) is 0 Å². The molecule has 3 aliphatic rings. The van der Waals surface area contributed by atoms with E-state index in [0.717, 1.165) is 0 Å². The van der Waals surface area contributed by atoms with E-state index in [-0.39, 0.29) is 17.6 Å². The summed E-state index contributed by atoms with van der Waals surface area (Å²) in [5, 5.41) is 84.0. The van der Waals surface area contributed by atoms with Crippen molar-refractivity contribution in [3.8, 4) is 17.2 Å². The zero-order chi connectivity index (χ0) is 30.5. The molecule has 14 heteroatoms. The fourth-order valence-electron chi connectivity index (χ4n) is 5.89. The fraction of sp³-hybridized carbons (Fsp3) is 0.643. The standard InChI is InChI=1S/C28H38O14/c1-10-7-13-17(11(2)39-10)21(32)18-12(5-4-6-14(18)37-3)26(13)42-28-25(36)23(34)20(31)16(41-28)9-38-27-24(35)22(33)19(30)15(8-29)40-27/h4-6,10-11,15-16,19-20,22-25,27-36H,7-9H2,1-3H3/t10-,11+,15+,16+,19+,20+,22-,23-,24+,25+,27+,28-/m0/s1. The van der Waals surface area contributed by atoms with Crippen LogP contribution in [0.5, 0.6) is 17.2 Å². The average molecular weight is 599 g/mol. The summed E-state index contributed by atoms with van der Waals surface area (Å²) in [4.78, 5) is 0. The molecule has 3 heterocycles. The highest BCUT2D eigenvalue weighted by atomic mass is 16.7. The van der Waals surface area contributed by atoms with Crippen LogP contribution in [-0.4, -0.2) is 129 Å². The summed E-state index contributed by atoms with van der Waals surface area (Å²) in [6.45, 7) is 2.50. The van der Waals surface area contributed by atoms with Gasteiger partial charge >= 0.3 is 0 Å². The molecule has 0 saturated carbocycles. The van der Waals surface area contributed by atoms with Crippen LogP contribution in [0.15, 0.2) is 18.2 Å². The number of ether oxygens (including phenoxy) is 6. The Morgan fingerprint density at radius 3 is 2.14 bits per heavy atom. The van der Waals surface area contributed by atoms with E-state index in [1.54, 1.807) is 25.1 Å². The number of phenolic OH excluding ortho intramolecular Hbond substituents is 1. The molecule has 0 radical (unpaired) electrons. The van der Waals surface area contributed by atoms with Gasteiger partial charge in [0, 0.05) is 22.9 Å². The molecule has 2 saturated heterocycles. The first kappa shape index (κ1) is 31.1.